The van der Waals surface area contributed by atoms with Gasteiger partial charge >= 0.3 is 0 Å². The molecule has 0 amide bonds. The Bertz CT molecular complexity index is 2150. The number of anilines is 2. The number of fused-ring (bicyclic) bond motifs is 1. The number of rotatable bonds is 18. The van der Waals surface area contributed by atoms with E-state index in [2.05, 4.69) is 48.7 Å². The number of nitrogens with one attached hydrogen (secondary N) is 2. The second kappa shape index (κ2) is 17.5. The number of methoxy groups -OCH3 is 1. The molecule has 4 aromatic rings. The summed E-state index contributed by atoms with van der Waals surface area (Å²) in [5, 5.41) is 36.4. The molecule has 15 nitrogen and oxygen atoms in total. The lowest BCUT2D eigenvalue weighted by molar-refractivity contribution is 0.159. The lowest BCUT2D eigenvalue weighted by atomic mass is 10.1. The van der Waals surface area contributed by atoms with Gasteiger partial charge in [0.05, 0.1) is 46.5 Å². The van der Waals surface area contributed by atoms with Crippen molar-refractivity contribution in [3.63, 3.8) is 0 Å². The van der Waals surface area contributed by atoms with Gasteiger partial charge in [-0.15, -0.1) is 15.3 Å². The van der Waals surface area contributed by atoms with Gasteiger partial charge in [-0.1, -0.05) is 30.8 Å². The highest BCUT2D eigenvalue weighted by molar-refractivity contribution is 7.94. The molecular formula is C33H36N8O7S2. The molecule has 0 bridgehead atoms. The summed E-state index contributed by atoms with van der Waals surface area (Å²) in [7, 11) is -6.07. The third-order valence-corrected chi connectivity index (χ3v) is 9.30. The fraction of sp³-hybridized carbons (Fsp3) is 0.273. The number of sulfone groups is 1. The van der Waals surface area contributed by atoms with Crippen LogP contribution in [0.15, 0.2) is 98.0 Å². The van der Waals surface area contributed by atoms with Crippen LogP contribution in [-0.4, -0.2) is 72.1 Å². The number of ether oxygens (including phenoxy) is 2. The average Bonchev–Trinajstić information content (AvgIpc) is 3.10. The molecule has 4 rings (SSSR count). The minimum absolute atomic E-state index is 0.00517. The van der Waals surface area contributed by atoms with Crippen LogP contribution in [0, 0.1) is 18.3 Å². The fourth-order valence-corrected chi connectivity index (χ4v) is 5.57. The molecule has 0 saturated heterocycles. The first kappa shape index (κ1) is 37.7. The molecule has 50 heavy (non-hydrogen) atoms. The lowest BCUT2D eigenvalue weighted by Gasteiger charge is -2.16. The maximum absolute atomic E-state index is 11.6. The van der Waals surface area contributed by atoms with E-state index in [4.69, 9.17) is 9.47 Å². The van der Waals surface area contributed by atoms with E-state index in [9.17, 15) is 26.7 Å². The van der Waals surface area contributed by atoms with Gasteiger partial charge in [-0.3, -0.25) is 4.55 Å². The zero-order chi connectivity index (χ0) is 36.1. The van der Waals surface area contributed by atoms with Gasteiger partial charge in [0, 0.05) is 48.6 Å². The zero-order valence-corrected chi connectivity index (χ0v) is 29.0. The minimum atomic E-state index is -4.32. The second-order valence-corrected chi connectivity index (χ2v) is 14.1. The number of pyridine rings is 1. The molecule has 0 aliphatic rings. The first-order valence-electron chi connectivity index (χ1n) is 15.2. The van der Waals surface area contributed by atoms with Gasteiger partial charge in [-0.2, -0.15) is 18.8 Å². The molecule has 0 unspecified atom stereocenters. The zero-order valence-electron chi connectivity index (χ0n) is 27.4. The van der Waals surface area contributed by atoms with Crippen LogP contribution in [0.3, 0.4) is 0 Å². The summed E-state index contributed by atoms with van der Waals surface area (Å²) in [6, 6.07) is 18.4. The summed E-state index contributed by atoms with van der Waals surface area (Å²) in [5.41, 5.74) is 2.62. The van der Waals surface area contributed by atoms with Crippen molar-refractivity contribution in [1.82, 2.24) is 4.98 Å². The quantitative estimate of drug-likeness (QED) is 0.0544. The Labute approximate surface area is 290 Å². The number of benzene rings is 3. The number of azo groups is 2. The summed E-state index contributed by atoms with van der Waals surface area (Å²) in [5.74, 6) is 0.537. The monoisotopic (exact) mass is 720 g/mol. The molecule has 1 heterocycles. The van der Waals surface area contributed by atoms with E-state index in [-0.39, 0.29) is 36.0 Å². The molecule has 3 aromatic carbocycles. The molecule has 0 saturated carbocycles. The van der Waals surface area contributed by atoms with Gasteiger partial charge in [0.1, 0.15) is 17.6 Å². The Kier molecular flexibility index (Phi) is 13.2. The van der Waals surface area contributed by atoms with Crippen molar-refractivity contribution >= 4 is 65.1 Å². The Morgan fingerprint density at radius 2 is 1.52 bits per heavy atom. The van der Waals surface area contributed by atoms with Crippen LogP contribution in [0.4, 0.5) is 34.4 Å². The summed E-state index contributed by atoms with van der Waals surface area (Å²) in [6.07, 6.45) is 0.684. The van der Waals surface area contributed by atoms with Crippen LogP contribution < -0.4 is 10.6 Å². The molecule has 0 atom stereocenters. The summed E-state index contributed by atoms with van der Waals surface area (Å²) in [6.45, 7) is 6.52. The van der Waals surface area contributed by atoms with Gasteiger partial charge < -0.3 is 20.1 Å². The fourth-order valence-electron chi connectivity index (χ4n) is 4.57. The number of aromatic nitrogens is 1. The Balaban J connectivity index is 1.61. The third-order valence-electron chi connectivity index (χ3n) is 7.19. The highest BCUT2D eigenvalue weighted by Gasteiger charge is 2.18. The average molecular weight is 721 g/mol. The molecular weight excluding hydrogens is 685 g/mol. The number of nitriles is 1. The van der Waals surface area contributed by atoms with Crippen molar-refractivity contribution in [3.05, 3.63) is 83.8 Å². The summed E-state index contributed by atoms with van der Waals surface area (Å²) >= 11 is 0. The van der Waals surface area contributed by atoms with E-state index >= 15 is 0 Å². The number of hydrogen-bond donors (Lipinski definition) is 3. The standard InChI is InChI=1S/C33H36N8O7S2/c1-4-49(42,43)21-20-48-19-17-36-32-28(22-34)23(2)31(33(37-32)35-16-7-18-47-3)41-40-30-15-14-29(26-8-5-6-9-27(26)30)39-38-24-10-12-25(13-11-24)50(44,45)46/h4-6,8-15H,1,7,16-21H2,2-3H3,(H2,35,36,37)(H,44,45,46)/b39-38+,41-40+. The van der Waals surface area contributed by atoms with E-state index in [1.165, 1.54) is 24.3 Å². The van der Waals surface area contributed by atoms with E-state index in [1.807, 2.05) is 24.3 Å². The van der Waals surface area contributed by atoms with Gasteiger partial charge in [0.15, 0.2) is 15.7 Å². The highest BCUT2D eigenvalue weighted by atomic mass is 32.2. The topological polar surface area (TPSA) is 217 Å². The van der Waals surface area contributed by atoms with Gasteiger partial charge in [0.2, 0.25) is 0 Å². The maximum Gasteiger partial charge on any atom is 0.294 e. The number of nitrogens with zero attached hydrogens (tertiary/aromatic N) is 6. The van der Waals surface area contributed by atoms with Crippen molar-refractivity contribution in [2.75, 3.05) is 56.4 Å². The van der Waals surface area contributed by atoms with Gasteiger partial charge in [0.25, 0.3) is 10.1 Å². The summed E-state index contributed by atoms with van der Waals surface area (Å²) in [4.78, 5) is 4.41. The molecule has 17 heteroatoms. The van der Waals surface area contributed by atoms with Crippen molar-refractivity contribution in [1.29, 1.82) is 5.26 Å². The van der Waals surface area contributed by atoms with Crippen LogP contribution in [0.5, 0.6) is 0 Å². The Morgan fingerprint density at radius 3 is 2.12 bits per heavy atom. The summed E-state index contributed by atoms with van der Waals surface area (Å²) < 4.78 is 65.6. The Hall–Kier alpha value is -5.12. The normalized spacial score (nSPS) is 12.0. The van der Waals surface area contributed by atoms with Gasteiger partial charge in [-0.25, -0.2) is 13.4 Å². The SMILES string of the molecule is C=CS(=O)(=O)CCOCCNc1nc(NCCCOC)c(/N=N/c2ccc(/N=N/c3ccc(S(=O)(=O)O)cc3)c3ccccc23)c(C)c1C#N. The van der Waals surface area contributed by atoms with Gasteiger partial charge in [-0.05, 0) is 49.7 Å². The molecule has 3 N–H and O–H groups in total. The third kappa shape index (κ3) is 10.2. The van der Waals surface area contributed by atoms with Crippen molar-refractivity contribution in [3.8, 4) is 6.07 Å². The van der Waals surface area contributed by atoms with Crippen molar-refractivity contribution in [2.24, 2.45) is 20.5 Å². The van der Waals surface area contributed by atoms with Crippen molar-refractivity contribution < 1.29 is 30.9 Å². The predicted molar refractivity (Wildman–Crippen MR) is 191 cm³/mol. The maximum atomic E-state index is 11.6. The van der Waals surface area contributed by atoms with E-state index in [1.54, 1.807) is 26.2 Å². The molecule has 0 aliphatic heterocycles. The molecule has 1 aromatic heterocycles. The highest BCUT2D eigenvalue weighted by Crippen LogP contribution is 2.38. The Morgan fingerprint density at radius 1 is 0.880 bits per heavy atom. The molecule has 0 spiro atoms. The van der Waals surface area contributed by atoms with Crippen LogP contribution in [0.25, 0.3) is 10.8 Å². The molecule has 0 radical (unpaired) electrons. The largest absolute Gasteiger partial charge is 0.385 e. The van der Waals surface area contributed by atoms with Crippen molar-refractivity contribution in [2.45, 2.75) is 18.2 Å². The molecule has 0 fully saturated rings. The lowest BCUT2D eigenvalue weighted by Crippen LogP contribution is -2.16. The molecule has 262 valence electrons. The van der Waals surface area contributed by atoms with E-state index in [0.29, 0.717) is 59.5 Å². The van der Waals surface area contributed by atoms with E-state index in [0.717, 1.165) is 16.2 Å². The first-order chi connectivity index (χ1) is 24.0. The predicted octanol–water partition coefficient (Wildman–Crippen LogP) is 6.93. The van der Waals surface area contributed by atoms with Crippen LogP contribution in [0.2, 0.25) is 0 Å². The van der Waals surface area contributed by atoms with Crippen LogP contribution in [-0.2, 0) is 29.4 Å². The number of hydrogen-bond acceptors (Lipinski definition) is 14. The van der Waals surface area contributed by atoms with Crippen LogP contribution >= 0.6 is 0 Å². The van der Waals surface area contributed by atoms with E-state index < -0.39 is 20.0 Å². The smallest absolute Gasteiger partial charge is 0.294 e. The molecule has 0 aliphatic carbocycles. The van der Waals surface area contributed by atoms with Crippen LogP contribution in [0.1, 0.15) is 17.5 Å². The second-order valence-electron chi connectivity index (χ2n) is 10.6. The first-order valence-corrected chi connectivity index (χ1v) is 18.4. The minimum Gasteiger partial charge on any atom is -0.385 e.